The summed E-state index contributed by atoms with van der Waals surface area (Å²) in [5, 5.41) is 13.6. The van der Waals surface area contributed by atoms with E-state index >= 15 is 0 Å². The van der Waals surface area contributed by atoms with Gasteiger partial charge in [-0.1, -0.05) is 0 Å². The van der Waals surface area contributed by atoms with E-state index in [0.29, 0.717) is 13.1 Å². The van der Waals surface area contributed by atoms with Crippen LogP contribution in [0.3, 0.4) is 0 Å². The van der Waals surface area contributed by atoms with Gasteiger partial charge >= 0.3 is 12.0 Å². The Hall–Kier alpha value is -0.950. The molecule has 7 heteroatoms. The molecule has 6 nitrogen and oxygen atoms in total. The van der Waals surface area contributed by atoms with Crippen molar-refractivity contribution in [2.45, 2.75) is 18.6 Å². The standard InChI is InChI=1S/C10H20N2O4S/c1-10(2,17-3)7-12-9(15)11-4-5-16-6-8(13)14/h4-7H2,1-3H3,(H,13,14)(H2,11,12,15). The van der Waals surface area contributed by atoms with Gasteiger partial charge in [-0.15, -0.1) is 0 Å². The third kappa shape index (κ3) is 9.95. The van der Waals surface area contributed by atoms with E-state index in [-0.39, 0.29) is 24.0 Å². The lowest BCUT2D eigenvalue weighted by molar-refractivity contribution is -0.142. The molecule has 17 heavy (non-hydrogen) atoms. The Bertz CT molecular complexity index is 259. The first-order valence-corrected chi connectivity index (χ1v) is 6.46. The highest BCUT2D eigenvalue weighted by atomic mass is 32.2. The number of carboxylic acids is 1. The van der Waals surface area contributed by atoms with Gasteiger partial charge in [-0.2, -0.15) is 11.8 Å². The van der Waals surface area contributed by atoms with E-state index < -0.39 is 5.97 Å². The van der Waals surface area contributed by atoms with Crippen molar-refractivity contribution in [2.24, 2.45) is 0 Å². The maximum Gasteiger partial charge on any atom is 0.329 e. The third-order valence-corrected chi connectivity index (χ3v) is 3.23. The number of hydrogen-bond acceptors (Lipinski definition) is 4. The van der Waals surface area contributed by atoms with Crippen LogP contribution in [0.25, 0.3) is 0 Å². The van der Waals surface area contributed by atoms with E-state index in [2.05, 4.69) is 10.6 Å². The van der Waals surface area contributed by atoms with Crippen LogP contribution >= 0.6 is 11.8 Å². The maximum absolute atomic E-state index is 11.3. The number of carbonyl (C=O) groups is 2. The number of amides is 2. The normalized spacial score (nSPS) is 11.0. The third-order valence-electron chi connectivity index (χ3n) is 1.98. The molecule has 3 N–H and O–H groups in total. The van der Waals surface area contributed by atoms with Crippen molar-refractivity contribution >= 4 is 23.8 Å². The van der Waals surface area contributed by atoms with Crippen LogP contribution in [0.15, 0.2) is 0 Å². The monoisotopic (exact) mass is 264 g/mol. The lowest BCUT2D eigenvalue weighted by Gasteiger charge is -2.22. The highest BCUT2D eigenvalue weighted by molar-refractivity contribution is 7.99. The summed E-state index contributed by atoms with van der Waals surface area (Å²) in [7, 11) is 0. The number of thioether (sulfide) groups is 1. The van der Waals surface area contributed by atoms with E-state index in [1.165, 1.54) is 0 Å². The predicted molar refractivity (Wildman–Crippen MR) is 67.5 cm³/mol. The molecule has 0 aliphatic heterocycles. The first-order valence-electron chi connectivity index (χ1n) is 5.24. The van der Waals surface area contributed by atoms with Gasteiger partial charge < -0.3 is 20.5 Å². The SMILES string of the molecule is CSC(C)(C)CNC(=O)NCCOCC(=O)O. The number of nitrogens with one attached hydrogen (secondary N) is 2. The van der Waals surface area contributed by atoms with Gasteiger partial charge in [-0.3, -0.25) is 0 Å². The Morgan fingerprint density at radius 2 is 2.00 bits per heavy atom. The molecule has 0 atom stereocenters. The summed E-state index contributed by atoms with van der Waals surface area (Å²) in [5.74, 6) is -1.02. The first kappa shape index (κ1) is 16.1. The average Bonchev–Trinajstić information content (AvgIpc) is 2.26. The van der Waals surface area contributed by atoms with Crippen LogP contribution in [-0.4, -0.2) is 54.4 Å². The lowest BCUT2D eigenvalue weighted by Crippen LogP contribution is -2.43. The minimum absolute atomic E-state index is 0.00283. The maximum atomic E-state index is 11.3. The van der Waals surface area contributed by atoms with Crippen molar-refractivity contribution in [1.29, 1.82) is 0 Å². The van der Waals surface area contributed by atoms with Crippen LogP contribution in [0.5, 0.6) is 0 Å². The van der Waals surface area contributed by atoms with Gasteiger partial charge in [0.2, 0.25) is 0 Å². The van der Waals surface area contributed by atoms with Gasteiger partial charge in [0.05, 0.1) is 6.61 Å². The molecule has 0 spiro atoms. The molecule has 100 valence electrons. The minimum atomic E-state index is -1.02. The molecule has 0 aliphatic carbocycles. The van der Waals surface area contributed by atoms with Crippen LogP contribution in [0.2, 0.25) is 0 Å². The van der Waals surface area contributed by atoms with Crippen LogP contribution in [0.4, 0.5) is 4.79 Å². The lowest BCUT2D eigenvalue weighted by atomic mass is 10.2. The van der Waals surface area contributed by atoms with Gasteiger partial charge in [0.15, 0.2) is 0 Å². The highest BCUT2D eigenvalue weighted by Gasteiger charge is 2.16. The minimum Gasteiger partial charge on any atom is -0.480 e. The van der Waals surface area contributed by atoms with Crippen LogP contribution < -0.4 is 10.6 Å². The van der Waals surface area contributed by atoms with Crippen molar-refractivity contribution in [1.82, 2.24) is 10.6 Å². The second kappa shape index (κ2) is 8.19. The summed E-state index contributed by atoms with van der Waals surface area (Å²) >= 11 is 1.67. The fourth-order valence-corrected chi connectivity index (χ4v) is 1.04. The zero-order valence-corrected chi connectivity index (χ0v) is 11.2. The summed E-state index contributed by atoms with van der Waals surface area (Å²) in [6, 6.07) is -0.272. The predicted octanol–water partition coefficient (Wildman–Crippen LogP) is 0.528. The first-order chi connectivity index (χ1) is 7.87. The molecule has 0 saturated carbocycles. The molecule has 0 rings (SSSR count). The van der Waals surface area contributed by atoms with Crippen LogP contribution in [0, 0.1) is 0 Å². The molecule has 0 fully saturated rings. The number of hydrogen-bond donors (Lipinski definition) is 3. The Labute approximate surface area is 105 Å². The molecule has 0 heterocycles. The van der Waals surface area contributed by atoms with Crippen molar-refractivity contribution < 1.29 is 19.4 Å². The number of aliphatic carboxylic acids is 1. The topological polar surface area (TPSA) is 87.7 Å². The zero-order valence-electron chi connectivity index (χ0n) is 10.4. The Kier molecular flexibility index (Phi) is 7.73. The number of carboxylic acid groups (broad SMARTS) is 1. The average molecular weight is 264 g/mol. The van der Waals surface area contributed by atoms with E-state index in [4.69, 9.17) is 9.84 Å². The molecule has 2 amide bonds. The quantitative estimate of drug-likeness (QED) is 0.557. The molecule has 0 aromatic carbocycles. The summed E-state index contributed by atoms with van der Waals surface area (Å²) in [6.45, 7) is 4.77. The molecule has 0 radical (unpaired) electrons. The van der Waals surface area contributed by atoms with Crippen LogP contribution in [-0.2, 0) is 9.53 Å². The van der Waals surface area contributed by atoms with Gasteiger partial charge in [-0.25, -0.2) is 9.59 Å². The summed E-state index contributed by atoms with van der Waals surface area (Å²) in [6.07, 6.45) is 1.99. The number of urea groups is 1. The Balaban J connectivity index is 3.50. The zero-order chi connectivity index (χ0) is 13.3. The molecule has 0 aliphatic rings. The van der Waals surface area contributed by atoms with Gasteiger partial charge in [-0.05, 0) is 20.1 Å². The van der Waals surface area contributed by atoms with Crippen molar-refractivity contribution in [3.05, 3.63) is 0 Å². The molecular weight excluding hydrogens is 244 g/mol. The summed E-state index contributed by atoms with van der Waals surface area (Å²) < 4.78 is 4.76. The van der Waals surface area contributed by atoms with Crippen molar-refractivity contribution in [2.75, 3.05) is 32.6 Å². The van der Waals surface area contributed by atoms with E-state index in [1.54, 1.807) is 11.8 Å². The van der Waals surface area contributed by atoms with Crippen molar-refractivity contribution in [3.8, 4) is 0 Å². The molecule has 0 bridgehead atoms. The van der Waals surface area contributed by atoms with E-state index in [0.717, 1.165) is 0 Å². The van der Waals surface area contributed by atoms with E-state index in [9.17, 15) is 9.59 Å². The van der Waals surface area contributed by atoms with Gasteiger partial charge in [0.1, 0.15) is 6.61 Å². The number of ether oxygens (including phenoxy) is 1. The fraction of sp³-hybridized carbons (Fsp3) is 0.800. The largest absolute Gasteiger partial charge is 0.480 e. The molecule has 0 aromatic rings. The summed E-state index contributed by atoms with van der Waals surface area (Å²) in [5.41, 5.74) is 0. The molecule has 0 aromatic heterocycles. The summed E-state index contributed by atoms with van der Waals surface area (Å²) in [4.78, 5) is 21.4. The van der Waals surface area contributed by atoms with Crippen molar-refractivity contribution in [3.63, 3.8) is 0 Å². The second-order valence-corrected chi connectivity index (χ2v) is 5.53. The van der Waals surface area contributed by atoms with E-state index in [1.807, 2.05) is 20.1 Å². The highest BCUT2D eigenvalue weighted by Crippen LogP contribution is 2.19. The Morgan fingerprint density at radius 3 is 2.53 bits per heavy atom. The molecular formula is C10H20N2O4S. The Morgan fingerprint density at radius 1 is 1.35 bits per heavy atom. The van der Waals surface area contributed by atoms with Gasteiger partial charge in [0.25, 0.3) is 0 Å². The number of carbonyl (C=O) groups excluding carboxylic acids is 1. The molecule has 0 unspecified atom stereocenters. The van der Waals surface area contributed by atoms with Crippen LogP contribution in [0.1, 0.15) is 13.8 Å². The number of rotatable bonds is 8. The van der Waals surface area contributed by atoms with Gasteiger partial charge in [0, 0.05) is 17.8 Å². The second-order valence-electron chi connectivity index (χ2n) is 4.02. The molecule has 0 saturated heterocycles. The fourth-order valence-electron chi connectivity index (χ4n) is 0.824. The smallest absolute Gasteiger partial charge is 0.329 e.